The van der Waals surface area contributed by atoms with Crippen molar-refractivity contribution in [2.75, 3.05) is 37.6 Å². The zero-order valence-electron chi connectivity index (χ0n) is 14.7. The predicted octanol–water partition coefficient (Wildman–Crippen LogP) is 2.22. The molecule has 6 nitrogen and oxygen atoms in total. The molecule has 0 radical (unpaired) electrons. The van der Waals surface area contributed by atoms with Crippen LogP contribution in [0.5, 0.6) is 0 Å². The van der Waals surface area contributed by atoms with Gasteiger partial charge in [0.25, 0.3) is 0 Å². The number of hydrogen-bond acceptors (Lipinski definition) is 5. The second-order valence-electron chi connectivity index (χ2n) is 7.98. The summed E-state index contributed by atoms with van der Waals surface area (Å²) in [5.41, 5.74) is 0. The maximum absolute atomic E-state index is 4.52. The summed E-state index contributed by atoms with van der Waals surface area (Å²) in [5.74, 6) is 4.44. The fraction of sp³-hybridized carbons (Fsp3) is 0.632. The summed E-state index contributed by atoms with van der Waals surface area (Å²) in [5, 5.41) is 4.27. The molecular formula is C19H26N6. The number of aromatic nitrogens is 4. The second-order valence-corrected chi connectivity index (χ2v) is 7.98. The molecule has 2 unspecified atom stereocenters. The van der Waals surface area contributed by atoms with Crippen molar-refractivity contribution in [2.24, 2.45) is 17.8 Å². The molecule has 1 aliphatic carbocycles. The predicted molar refractivity (Wildman–Crippen MR) is 96.7 cm³/mol. The average Bonchev–Trinajstić information content (AvgIpc) is 3.40. The van der Waals surface area contributed by atoms with Crippen molar-refractivity contribution >= 4 is 5.82 Å². The first-order valence-electron chi connectivity index (χ1n) is 9.64. The van der Waals surface area contributed by atoms with E-state index in [2.05, 4.69) is 30.9 Å². The molecule has 3 aliphatic rings. The van der Waals surface area contributed by atoms with E-state index in [0.717, 1.165) is 42.5 Å². The highest BCUT2D eigenvalue weighted by Gasteiger charge is 2.40. The third kappa shape index (κ3) is 3.03. The van der Waals surface area contributed by atoms with Crippen LogP contribution in [0, 0.1) is 17.8 Å². The maximum Gasteiger partial charge on any atom is 0.158 e. The van der Waals surface area contributed by atoms with Gasteiger partial charge in [-0.3, -0.25) is 0 Å². The Kier molecular flexibility index (Phi) is 3.93. The van der Waals surface area contributed by atoms with Gasteiger partial charge in [-0.1, -0.05) is 12.8 Å². The largest absolute Gasteiger partial charge is 0.356 e. The summed E-state index contributed by atoms with van der Waals surface area (Å²) < 4.78 is 1.80. The van der Waals surface area contributed by atoms with Crippen LogP contribution in [0.15, 0.2) is 30.9 Å². The first-order chi connectivity index (χ1) is 12.3. The number of anilines is 1. The summed E-state index contributed by atoms with van der Waals surface area (Å²) in [6.07, 6.45) is 11.2. The van der Waals surface area contributed by atoms with Crippen LogP contribution in [0.2, 0.25) is 0 Å². The van der Waals surface area contributed by atoms with Crippen LogP contribution in [0.25, 0.3) is 5.82 Å². The van der Waals surface area contributed by atoms with Crippen LogP contribution in [-0.2, 0) is 0 Å². The van der Waals surface area contributed by atoms with Gasteiger partial charge in [0.1, 0.15) is 12.1 Å². The second kappa shape index (κ2) is 6.41. The van der Waals surface area contributed by atoms with Gasteiger partial charge < -0.3 is 9.80 Å². The lowest BCUT2D eigenvalue weighted by Crippen LogP contribution is -2.32. The smallest absolute Gasteiger partial charge is 0.158 e. The molecule has 2 aromatic heterocycles. The number of hydrogen-bond donors (Lipinski definition) is 0. The van der Waals surface area contributed by atoms with Crippen molar-refractivity contribution in [1.29, 1.82) is 0 Å². The average molecular weight is 338 g/mol. The molecule has 2 aliphatic heterocycles. The van der Waals surface area contributed by atoms with Crippen LogP contribution in [0.3, 0.4) is 0 Å². The minimum atomic E-state index is 0.796. The normalized spacial score (nSPS) is 27.3. The summed E-state index contributed by atoms with van der Waals surface area (Å²) in [6, 6.07) is 3.98. The van der Waals surface area contributed by atoms with Gasteiger partial charge in [0.05, 0.1) is 0 Å². The van der Waals surface area contributed by atoms with Crippen molar-refractivity contribution in [3.05, 3.63) is 30.9 Å². The highest BCUT2D eigenvalue weighted by Crippen LogP contribution is 2.35. The zero-order valence-corrected chi connectivity index (χ0v) is 14.7. The standard InChI is InChI=1S/C19H26N6/c1-2-5-15(4-1)9-23-10-16-12-24(13-17(16)11-23)18-8-19(21-14-20-18)25-7-3-6-22-25/h3,6-8,14-17H,1-2,4-5,9-13H2. The van der Waals surface area contributed by atoms with E-state index < -0.39 is 0 Å². The lowest BCUT2D eigenvalue weighted by atomic mass is 10.0. The molecule has 2 atom stereocenters. The highest BCUT2D eigenvalue weighted by molar-refractivity contribution is 5.44. The summed E-state index contributed by atoms with van der Waals surface area (Å²) in [7, 11) is 0. The molecule has 0 aromatic carbocycles. The minimum absolute atomic E-state index is 0.796. The van der Waals surface area contributed by atoms with Crippen molar-refractivity contribution in [1.82, 2.24) is 24.6 Å². The van der Waals surface area contributed by atoms with Gasteiger partial charge in [0.2, 0.25) is 0 Å². The third-order valence-electron chi connectivity index (χ3n) is 6.25. The van der Waals surface area contributed by atoms with Crippen LogP contribution >= 0.6 is 0 Å². The Morgan fingerprint density at radius 2 is 1.72 bits per heavy atom. The van der Waals surface area contributed by atoms with E-state index in [4.69, 9.17) is 0 Å². The van der Waals surface area contributed by atoms with E-state index >= 15 is 0 Å². The van der Waals surface area contributed by atoms with Crippen molar-refractivity contribution < 1.29 is 0 Å². The molecule has 0 spiro atoms. The summed E-state index contributed by atoms with van der Waals surface area (Å²) in [6.45, 7) is 6.14. The first-order valence-corrected chi connectivity index (χ1v) is 9.64. The molecule has 1 saturated carbocycles. The topological polar surface area (TPSA) is 50.1 Å². The molecule has 25 heavy (non-hydrogen) atoms. The van der Waals surface area contributed by atoms with Gasteiger partial charge in [-0.05, 0) is 36.7 Å². The van der Waals surface area contributed by atoms with Crippen molar-refractivity contribution in [2.45, 2.75) is 25.7 Å². The molecule has 3 fully saturated rings. The van der Waals surface area contributed by atoms with Crippen LogP contribution in [0.4, 0.5) is 5.82 Å². The number of likely N-dealkylation sites (tertiary alicyclic amines) is 1. The fourth-order valence-electron chi connectivity index (χ4n) is 5.02. The Hall–Kier alpha value is -1.95. The Morgan fingerprint density at radius 1 is 0.960 bits per heavy atom. The van der Waals surface area contributed by atoms with Gasteiger partial charge in [0.15, 0.2) is 5.82 Å². The minimum Gasteiger partial charge on any atom is -0.356 e. The third-order valence-corrected chi connectivity index (χ3v) is 6.25. The quantitative estimate of drug-likeness (QED) is 0.855. The van der Waals surface area contributed by atoms with E-state index in [1.54, 1.807) is 17.2 Å². The molecule has 4 heterocycles. The van der Waals surface area contributed by atoms with Crippen LogP contribution < -0.4 is 4.90 Å². The van der Waals surface area contributed by atoms with Gasteiger partial charge in [0, 0.05) is 51.2 Å². The Balaban J connectivity index is 1.23. The Morgan fingerprint density at radius 3 is 2.44 bits per heavy atom. The van der Waals surface area contributed by atoms with Crippen LogP contribution in [-0.4, -0.2) is 57.4 Å². The number of fused-ring (bicyclic) bond motifs is 1. The van der Waals surface area contributed by atoms with Gasteiger partial charge in [-0.25, -0.2) is 14.6 Å². The monoisotopic (exact) mass is 338 g/mol. The fourth-order valence-corrected chi connectivity index (χ4v) is 5.02. The number of nitrogens with zero attached hydrogens (tertiary/aromatic N) is 6. The van der Waals surface area contributed by atoms with E-state index in [9.17, 15) is 0 Å². The molecule has 6 heteroatoms. The zero-order chi connectivity index (χ0) is 16.6. The SMILES string of the molecule is c1cnn(-c2cc(N3CC4CN(CC5CCCC5)CC4C3)ncn2)c1. The van der Waals surface area contributed by atoms with Gasteiger partial charge in [-0.2, -0.15) is 5.10 Å². The molecule has 0 N–H and O–H groups in total. The molecule has 0 bridgehead atoms. The maximum atomic E-state index is 4.52. The first kappa shape index (κ1) is 15.3. The van der Waals surface area contributed by atoms with Gasteiger partial charge >= 0.3 is 0 Å². The van der Waals surface area contributed by atoms with E-state index in [0.29, 0.717) is 0 Å². The molecule has 132 valence electrons. The highest BCUT2D eigenvalue weighted by atomic mass is 15.3. The molecule has 5 rings (SSSR count). The van der Waals surface area contributed by atoms with Gasteiger partial charge in [-0.15, -0.1) is 0 Å². The van der Waals surface area contributed by atoms with Crippen molar-refractivity contribution in [3.63, 3.8) is 0 Å². The van der Waals surface area contributed by atoms with E-state index in [-0.39, 0.29) is 0 Å². The molecule has 2 saturated heterocycles. The van der Waals surface area contributed by atoms with Crippen LogP contribution in [0.1, 0.15) is 25.7 Å². The Labute approximate surface area is 148 Å². The lowest BCUT2D eigenvalue weighted by molar-refractivity contribution is 0.264. The number of rotatable bonds is 4. The van der Waals surface area contributed by atoms with E-state index in [1.807, 2.05) is 12.3 Å². The summed E-state index contributed by atoms with van der Waals surface area (Å²) >= 11 is 0. The Bertz CT molecular complexity index is 694. The van der Waals surface area contributed by atoms with Crippen molar-refractivity contribution in [3.8, 4) is 5.82 Å². The lowest BCUT2D eigenvalue weighted by Gasteiger charge is -2.24. The molecule has 0 amide bonds. The summed E-state index contributed by atoms with van der Waals surface area (Å²) in [4.78, 5) is 14.0. The van der Waals surface area contributed by atoms with E-state index in [1.165, 1.54) is 45.3 Å². The molecule has 2 aromatic rings. The molecular weight excluding hydrogens is 312 g/mol.